The number of rotatable bonds is 3. The molecule has 0 saturated heterocycles. The molecule has 1 unspecified atom stereocenters. The van der Waals surface area contributed by atoms with Crippen LogP contribution in [0.3, 0.4) is 0 Å². The summed E-state index contributed by atoms with van der Waals surface area (Å²) in [5.41, 5.74) is 7.97. The summed E-state index contributed by atoms with van der Waals surface area (Å²) in [5, 5.41) is 0.771. The average Bonchev–Trinajstić information content (AvgIpc) is 2.17. The fourth-order valence-corrected chi connectivity index (χ4v) is 1.61. The fraction of sp³-hybridized carbons (Fsp3) is 0.500. The molecule has 0 aliphatic rings. The van der Waals surface area contributed by atoms with Crippen LogP contribution in [0, 0.1) is 5.92 Å². The molecule has 2 N–H and O–H groups in total. The first kappa shape index (κ1) is 11.5. The summed E-state index contributed by atoms with van der Waals surface area (Å²) in [6, 6.07) is 6.15. The molecule has 2 heteroatoms. The van der Waals surface area contributed by atoms with Gasteiger partial charge in [-0.05, 0) is 29.0 Å². The molecule has 1 nitrogen and oxygen atoms in total. The van der Waals surface area contributed by atoms with Crippen molar-refractivity contribution in [3.8, 4) is 0 Å². The SMILES string of the molecule is CC(C)C(C)c1ccc(Cl)c(CN)c1. The Labute approximate surface area is 91.3 Å². The van der Waals surface area contributed by atoms with Crippen LogP contribution < -0.4 is 5.73 Å². The third kappa shape index (κ3) is 2.49. The maximum atomic E-state index is 6.00. The van der Waals surface area contributed by atoms with Crippen molar-refractivity contribution in [2.24, 2.45) is 11.7 Å². The highest BCUT2D eigenvalue weighted by atomic mass is 35.5. The van der Waals surface area contributed by atoms with Crippen molar-refractivity contribution < 1.29 is 0 Å². The molecule has 1 aromatic rings. The van der Waals surface area contributed by atoms with Crippen LogP contribution in [0.25, 0.3) is 0 Å². The molecule has 1 aromatic carbocycles. The number of benzene rings is 1. The molecule has 78 valence electrons. The van der Waals surface area contributed by atoms with E-state index in [4.69, 9.17) is 17.3 Å². The minimum atomic E-state index is 0.511. The second-order valence-electron chi connectivity index (χ2n) is 4.09. The van der Waals surface area contributed by atoms with Crippen molar-refractivity contribution in [3.05, 3.63) is 34.3 Å². The Hall–Kier alpha value is -0.530. The molecule has 0 aromatic heterocycles. The van der Waals surface area contributed by atoms with Crippen molar-refractivity contribution in [2.45, 2.75) is 33.2 Å². The summed E-state index contributed by atoms with van der Waals surface area (Å²) in [5.74, 6) is 1.19. The van der Waals surface area contributed by atoms with E-state index in [0.717, 1.165) is 10.6 Å². The van der Waals surface area contributed by atoms with Gasteiger partial charge in [0.05, 0.1) is 0 Å². The van der Waals surface area contributed by atoms with Crippen molar-refractivity contribution in [2.75, 3.05) is 0 Å². The van der Waals surface area contributed by atoms with E-state index in [2.05, 4.69) is 32.9 Å². The molecule has 0 saturated carbocycles. The third-order valence-electron chi connectivity index (χ3n) is 2.82. The summed E-state index contributed by atoms with van der Waals surface area (Å²) in [6.07, 6.45) is 0. The molecule has 0 bridgehead atoms. The van der Waals surface area contributed by atoms with Crippen LogP contribution in [-0.4, -0.2) is 0 Å². The summed E-state index contributed by atoms with van der Waals surface area (Å²) in [6.45, 7) is 7.19. The number of nitrogens with two attached hydrogens (primary N) is 1. The molecule has 1 atom stereocenters. The van der Waals surface area contributed by atoms with Gasteiger partial charge >= 0.3 is 0 Å². The van der Waals surface area contributed by atoms with Gasteiger partial charge in [0, 0.05) is 11.6 Å². The van der Waals surface area contributed by atoms with Gasteiger partial charge in [-0.15, -0.1) is 0 Å². The molecule has 0 aliphatic heterocycles. The van der Waals surface area contributed by atoms with E-state index in [0.29, 0.717) is 18.4 Å². The average molecular weight is 212 g/mol. The van der Waals surface area contributed by atoms with Gasteiger partial charge in [0.25, 0.3) is 0 Å². The quantitative estimate of drug-likeness (QED) is 0.813. The van der Waals surface area contributed by atoms with Crippen molar-refractivity contribution in [1.29, 1.82) is 0 Å². The van der Waals surface area contributed by atoms with Crippen LogP contribution in [0.15, 0.2) is 18.2 Å². The molecule has 1 rings (SSSR count). The van der Waals surface area contributed by atoms with Gasteiger partial charge in [-0.25, -0.2) is 0 Å². The molecule has 0 heterocycles. The molecular weight excluding hydrogens is 194 g/mol. The normalized spacial score (nSPS) is 13.3. The van der Waals surface area contributed by atoms with Crippen molar-refractivity contribution in [1.82, 2.24) is 0 Å². The predicted molar refractivity (Wildman–Crippen MR) is 62.6 cm³/mol. The van der Waals surface area contributed by atoms with Gasteiger partial charge in [0.2, 0.25) is 0 Å². The zero-order valence-electron chi connectivity index (χ0n) is 9.05. The lowest BCUT2D eigenvalue weighted by Crippen LogP contribution is -2.04. The zero-order valence-corrected chi connectivity index (χ0v) is 9.81. The Kier molecular flexibility index (Phi) is 3.97. The first-order valence-electron chi connectivity index (χ1n) is 5.04. The summed E-state index contributed by atoms with van der Waals surface area (Å²) >= 11 is 6.00. The van der Waals surface area contributed by atoms with Gasteiger partial charge in [0.15, 0.2) is 0 Å². The topological polar surface area (TPSA) is 26.0 Å². The first-order chi connectivity index (χ1) is 6.56. The van der Waals surface area contributed by atoms with Gasteiger partial charge in [-0.2, -0.15) is 0 Å². The second kappa shape index (κ2) is 4.81. The Morgan fingerprint density at radius 1 is 1.29 bits per heavy atom. The molecule has 0 fully saturated rings. The first-order valence-corrected chi connectivity index (χ1v) is 5.42. The fourth-order valence-electron chi connectivity index (χ4n) is 1.42. The van der Waals surface area contributed by atoms with Crippen molar-refractivity contribution in [3.63, 3.8) is 0 Å². The van der Waals surface area contributed by atoms with Crippen LogP contribution in [-0.2, 0) is 6.54 Å². The zero-order chi connectivity index (χ0) is 10.7. The maximum Gasteiger partial charge on any atom is 0.0451 e. The summed E-state index contributed by atoms with van der Waals surface area (Å²) < 4.78 is 0. The minimum absolute atomic E-state index is 0.511. The smallest absolute Gasteiger partial charge is 0.0451 e. The monoisotopic (exact) mass is 211 g/mol. The summed E-state index contributed by atoms with van der Waals surface area (Å²) in [4.78, 5) is 0. The van der Waals surface area contributed by atoms with E-state index in [-0.39, 0.29) is 0 Å². The predicted octanol–water partition coefficient (Wildman–Crippen LogP) is 3.56. The van der Waals surface area contributed by atoms with E-state index < -0.39 is 0 Å². The lowest BCUT2D eigenvalue weighted by atomic mass is 9.89. The van der Waals surface area contributed by atoms with E-state index in [9.17, 15) is 0 Å². The Morgan fingerprint density at radius 3 is 2.43 bits per heavy atom. The van der Waals surface area contributed by atoms with Gasteiger partial charge in [-0.3, -0.25) is 0 Å². The van der Waals surface area contributed by atoms with E-state index in [1.54, 1.807) is 0 Å². The van der Waals surface area contributed by atoms with Crippen LogP contribution in [0.5, 0.6) is 0 Å². The van der Waals surface area contributed by atoms with Gasteiger partial charge in [0.1, 0.15) is 0 Å². The highest BCUT2D eigenvalue weighted by molar-refractivity contribution is 6.31. The number of hydrogen-bond donors (Lipinski definition) is 1. The van der Waals surface area contributed by atoms with Crippen LogP contribution in [0.2, 0.25) is 5.02 Å². The molecular formula is C12H18ClN. The molecule has 0 radical (unpaired) electrons. The highest BCUT2D eigenvalue weighted by Gasteiger charge is 2.11. The van der Waals surface area contributed by atoms with Crippen LogP contribution in [0.1, 0.15) is 37.8 Å². The van der Waals surface area contributed by atoms with Crippen LogP contribution >= 0.6 is 11.6 Å². The van der Waals surface area contributed by atoms with Gasteiger partial charge < -0.3 is 5.73 Å². The Morgan fingerprint density at radius 2 is 1.93 bits per heavy atom. The standard InChI is InChI=1S/C12H18ClN/c1-8(2)9(3)10-4-5-12(13)11(6-10)7-14/h4-6,8-9H,7,14H2,1-3H3. The minimum Gasteiger partial charge on any atom is -0.326 e. The van der Waals surface area contributed by atoms with Crippen molar-refractivity contribution >= 4 is 11.6 Å². The lowest BCUT2D eigenvalue weighted by molar-refractivity contribution is 0.534. The molecule has 0 amide bonds. The Bertz CT molecular complexity index is 307. The largest absolute Gasteiger partial charge is 0.326 e. The highest BCUT2D eigenvalue weighted by Crippen LogP contribution is 2.27. The van der Waals surface area contributed by atoms with E-state index in [1.165, 1.54) is 5.56 Å². The summed E-state index contributed by atoms with van der Waals surface area (Å²) in [7, 11) is 0. The van der Waals surface area contributed by atoms with E-state index >= 15 is 0 Å². The lowest BCUT2D eigenvalue weighted by Gasteiger charge is -2.17. The van der Waals surface area contributed by atoms with Crippen LogP contribution in [0.4, 0.5) is 0 Å². The molecule has 14 heavy (non-hydrogen) atoms. The third-order valence-corrected chi connectivity index (χ3v) is 3.18. The number of halogens is 1. The van der Waals surface area contributed by atoms with E-state index in [1.807, 2.05) is 6.07 Å². The number of hydrogen-bond acceptors (Lipinski definition) is 1. The molecule has 0 aliphatic carbocycles. The Balaban J connectivity index is 3.00. The maximum absolute atomic E-state index is 6.00. The second-order valence-corrected chi connectivity index (χ2v) is 4.49. The molecule has 0 spiro atoms. The van der Waals surface area contributed by atoms with Gasteiger partial charge in [-0.1, -0.05) is 44.5 Å².